The summed E-state index contributed by atoms with van der Waals surface area (Å²) in [6.07, 6.45) is 4.08. The first kappa shape index (κ1) is 9.70. The monoisotopic (exact) mass is 209 g/mol. The standard InChI is InChI=1S/C9H11N3O3/c13-8-1-3-11(9(14)15)5-7(8)12-4-2-10-6-12/h2,4,6-7H,1,3,5H2,(H,14,15). The van der Waals surface area contributed by atoms with Crippen molar-refractivity contribution in [1.29, 1.82) is 0 Å². The van der Waals surface area contributed by atoms with Crippen molar-refractivity contribution in [1.82, 2.24) is 14.5 Å². The van der Waals surface area contributed by atoms with Gasteiger partial charge in [0.1, 0.15) is 6.04 Å². The van der Waals surface area contributed by atoms with E-state index in [0.717, 1.165) is 0 Å². The molecule has 1 aliphatic heterocycles. The molecule has 1 amide bonds. The Morgan fingerprint density at radius 3 is 3.00 bits per heavy atom. The second-order valence-corrected chi connectivity index (χ2v) is 3.47. The van der Waals surface area contributed by atoms with Crippen LogP contribution in [0.4, 0.5) is 4.79 Å². The molecule has 1 aromatic heterocycles. The van der Waals surface area contributed by atoms with Gasteiger partial charge in [-0.3, -0.25) is 4.79 Å². The summed E-state index contributed by atoms with van der Waals surface area (Å²) in [6, 6.07) is -0.419. The Morgan fingerprint density at radius 1 is 1.60 bits per heavy atom. The van der Waals surface area contributed by atoms with Crippen molar-refractivity contribution in [3.8, 4) is 0 Å². The average molecular weight is 209 g/mol. The number of imidazole rings is 1. The minimum atomic E-state index is -0.979. The number of hydrogen-bond donors (Lipinski definition) is 1. The maximum atomic E-state index is 11.6. The first-order valence-electron chi connectivity index (χ1n) is 4.66. The highest BCUT2D eigenvalue weighted by Gasteiger charge is 2.30. The van der Waals surface area contributed by atoms with Gasteiger partial charge in [-0.2, -0.15) is 0 Å². The number of hydrogen-bond acceptors (Lipinski definition) is 3. The number of Topliss-reactive ketones (excluding diaryl/α,β-unsaturated/α-hetero) is 1. The Bertz CT molecular complexity index is 374. The van der Waals surface area contributed by atoms with Crippen molar-refractivity contribution >= 4 is 11.9 Å². The number of likely N-dealkylation sites (tertiary alicyclic amines) is 1. The molecule has 15 heavy (non-hydrogen) atoms. The van der Waals surface area contributed by atoms with E-state index in [-0.39, 0.29) is 18.7 Å². The summed E-state index contributed by atoms with van der Waals surface area (Å²) < 4.78 is 1.65. The van der Waals surface area contributed by atoms with Crippen LogP contribution in [-0.2, 0) is 4.79 Å². The lowest BCUT2D eigenvalue weighted by Crippen LogP contribution is -2.44. The smallest absolute Gasteiger partial charge is 0.407 e. The molecule has 0 bridgehead atoms. The van der Waals surface area contributed by atoms with Gasteiger partial charge < -0.3 is 14.6 Å². The maximum absolute atomic E-state index is 11.6. The molecule has 1 fully saturated rings. The van der Waals surface area contributed by atoms with E-state index in [9.17, 15) is 9.59 Å². The van der Waals surface area contributed by atoms with Crippen molar-refractivity contribution in [3.63, 3.8) is 0 Å². The summed E-state index contributed by atoms with van der Waals surface area (Å²) in [5, 5.41) is 8.83. The van der Waals surface area contributed by atoms with Crippen LogP contribution in [0, 0.1) is 0 Å². The quantitative estimate of drug-likeness (QED) is 0.725. The molecular formula is C9H11N3O3. The molecule has 2 heterocycles. The molecule has 0 aliphatic carbocycles. The number of nitrogens with zero attached hydrogens (tertiary/aromatic N) is 3. The molecule has 0 radical (unpaired) electrons. The van der Waals surface area contributed by atoms with E-state index in [1.165, 1.54) is 11.2 Å². The topological polar surface area (TPSA) is 75.4 Å². The van der Waals surface area contributed by atoms with Crippen LogP contribution in [0.5, 0.6) is 0 Å². The number of piperidine rings is 1. The Morgan fingerprint density at radius 2 is 2.40 bits per heavy atom. The summed E-state index contributed by atoms with van der Waals surface area (Å²) >= 11 is 0. The summed E-state index contributed by atoms with van der Waals surface area (Å²) in [6.45, 7) is 0.504. The van der Waals surface area contributed by atoms with Crippen LogP contribution in [0.2, 0.25) is 0 Å². The number of carbonyl (C=O) groups excluding carboxylic acids is 1. The summed E-state index contributed by atoms with van der Waals surface area (Å²) in [7, 11) is 0. The molecule has 6 nitrogen and oxygen atoms in total. The number of rotatable bonds is 1. The molecule has 80 valence electrons. The summed E-state index contributed by atoms with van der Waals surface area (Å²) in [5.41, 5.74) is 0. The van der Waals surface area contributed by atoms with Gasteiger partial charge in [0, 0.05) is 25.4 Å². The molecular weight excluding hydrogens is 198 g/mol. The normalized spacial score (nSPS) is 21.7. The second kappa shape index (κ2) is 3.72. The van der Waals surface area contributed by atoms with Gasteiger partial charge >= 0.3 is 6.09 Å². The minimum absolute atomic E-state index is 0.0606. The van der Waals surface area contributed by atoms with Gasteiger partial charge in [0.05, 0.1) is 12.9 Å². The molecule has 0 saturated carbocycles. The minimum Gasteiger partial charge on any atom is -0.465 e. The Labute approximate surface area is 86.1 Å². The van der Waals surface area contributed by atoms with Gasteiger partial charge in [0.2, 0.25) is 0 Å². The van der Waals surface area contributed by atoms with Gasteiger partial charge in [-0.25, -0.2) is 9.78 Å². The zero-order chi connectivity index (χ0) is 10.8. The van der Waals surface area contributed by atoms with Crippen molar-refractivity contribution in [2.24, 2.45) is 0 Å². The van der Waals surface area contributed by atoms with Crippen LogP contribution in [0.25, 0.3) is 0 Å². The predicted octanol–water partition coefficient (Wildman–Crippen LogP) is 0.377. The molecule has 6 heteroatoms. The lowest BCUT2D eigenvalue weighted by molar-refractivity contribution is -0.124. The van der Waals surface area contributed by atoms with E-state index >= 15 is 0 Å². The predicted molar refractivity (Wildman–Crippen MR) is 50.5 cm³/mol. The molecule has 0 spiro atoms. The van der Waals surface area contributed by atoms with Crippen LogP contribution in [0.1, 0.15) is 12.5 Å². The molecule has 1 aliphatic rings. The average Bonchev–Trinajstić information content (AvgIpc) is 2.71. The van der Waals surface area contributed by atoms with Gasteiger partial charge in [-0.05, 0) is 0 Å². The third-order valence-electron chi connectivity index (χ3n) is 2.55. The molecule has 1 saturated heterocycles. The fourth-order valence-electron chi connectivity index (χ4n) is 1.70. The van der Waals surface area contributed by atoms with Crippen molar-refractivity contribution in [2.45, 2.75) is 12.5 Å². The first-order valence-corrected chi connectivity index (χ1v) is 4.66. The SMILES string of the molecule is O=C1CCN(C(=O)O)CC1n1ccnc1. The van der Waals surface area contributed by atoms with Crippen molar-refractivity contribution < 1.29 is 14.7 Å². The molecule has 2 rings (SSSR count). The number of aromatic nitrogens is 2. The summed E-state index contributed by atoms with van der Waals surface area (Å²) in [4.78, 5) is 27.5. The zero-order valence-electron chi connectivity index (χ0n) is 8.04. The van der Waals surface area contributed by atoms with Crippen molar-refractivity contribution in [2.75, 3.05) is 13.1 Å². The number of carbonyl (C=O) groups is 2. The van der Waals surface area contributed by atoms with E-state index in [4.69, 9.17) is 5.11 Å². The Kier molecular flexibility index (Phi) is 2.40. The fraction of sp³-hybridized carbons (Fsp3) is 0.444. The van der Waals surface area contributed by atoms with Crippen LogP contribution in [0.3, 0.4) is 0 Å². The maximum Gasteiger partial charge on any atom is 0.407 e. The van der Waals surface area contributed by atoms with Crippen LogP contribution in [0.15, 0.2) is 18.7 Å². The van der Waals surface area contributed by atoms with Crippen LogP contribution < -0.4 is 0 Å². The van der Waals surface area contributed by atoms with Gasteiger partial charge in [0.15, 0.2) is 5.78 Å². The van der Waals surface area contributed by atoms with Crippen LogP contribution in [-0.4, -0.2) is 44.5 Å². The zero-order valence-corrected chi connectivity index (χ0v) is 8.04. The van der Waals surface area contributed by atoms with E-state index in [1.54, 1.807) is 17.0 Å². The first-order chi connectivity index (χ1) is 7.18. The van der Waals surface area contributed by atoms with Crippen LogP contribution >= 0.6 is 0 Å². The highest BCUT2D eigenvalue weighted by atomic mass is 16.4. The highest BCUT2D eigenvalue weighted by Crippen LogP contribution is 2.17. The molecule has 1 aromatic rings. The highest BCUT2D eigenvalue weighted by molar-refractivity contribution is 5.85. The van der Waals surface area contributed by atoms with Crippen molar-refractivity contribution in [3.05, 3.63) is 18.7 Å². The third kappa shape index (κ3) is 1.83. The molecule has 1 unspecified atom stereocenters. The van der Waals surface area contributed by atoms with Gasteiger partial charge in [0.25, 0.3) is 0 Å². The lowest BCUT2D eigenvalue weighted by atomic mass is 10.0. The molecule has 1 N–H and O–H groups in total. The molecule has 1 atom stereocenters. The molecule has 0 aromatic carbocycles. The Hall–Kier alpha value is -1.85. The second-order valence-electron chi connectivity index (χ2n) is 3.47. The van der Waals surface area contributed by atoms with Gasteiger partial charge in [-0.15, -0.1) is 0 Å². The van der Waals surface area contributed by atoms with Gasteiger partial charge in [-0.1, -0.05) is 0 Å². The Balaban J connectivity index is 2.16. The number of ketones is 1. The number of amides is 1. The van der Waals surface area contributed by atoms with E-state index in [0.29, 0.717) is 6.54 Å². The van der Waals surface area contributed by atoms with E-state index in [1.807, 2.05) is 0 Å². The third-order valence-corrected chi connectivity index (χ3v) is 2.55. The van der Waals surface area contributed by atoms with E-state index < -0.39 is 12.1 Å². The summed E-state index contributed by atoms with van der Waals surface area (Å²) in [5.74, 6) is 0.0606. The largest absolute Gasteiger partial charge is 0.465 e. The van der Waals surface area contributed by atoms with E-state index in [2.05, 4.69) is 4.98 Å². The number of carboxylic acid groups (broad SMARTS) is 1. The fourth-order valence-corrected chi connectivity index (χ4v) is 1.70. The lowest BCUT2D eigenvalue weighted by Gasteiger charge is -2.30.